The molecular formula is C33H37N5O5S. The lowest BCUT2D eigenvalue weighted by Crippen LogP contribution is -2.43. The number of hydrogen-bond acceptors (Lipinski definition) is 7. The lowest BCUT2D eigenvalue weighted by atomic mass is 9.93. The molecule has 1 aliphatic rings. The fourth-order valence-electron chi connectivity index (χ4n) is 4.98. The summed E-state index contributed by atoms with van der Waals surface area (Å²) in [6, 6.07) is 17.9. The van der Waals surface area contributed by atoms with Gasteiger partial charge in [-0.15, -0.1) is 0 Å². The summed E-state index contributed by atoms with van der Waals surface area (Å²) in [7, 11) is -3.74. The minimum absolute atomic E-state index is 0.00936. The van der Waals surface area contributed by atoms with Crippen molar-refractivity contribution in [2.45, 2.75) is 52.0 Å². The van der Waals surface area contributed by atoms with Crippen LogP contribution in [0.4, 0.5) is 0 Å². The summed E-state index contributed by atoms with van der Waals surface area (Å²) in [6.07, 6.45) is 3.79. The average Bonchev–Trinajstić information content (AvgIpc) is 3.44. The van der Waals surface area contributed by atoms with Crippen LogP contribution in [-0.2, 0) is 24.3 Å². The number of para-hydroxylation sites is 1. The van der Waals surface area contributed by atoms with E-state index in [2.05, 4.69) is 0 Å². The van der Waals surface area contributed by atoms with Gasteiger partial charge < -0.3 is 4.74 Å². The Morgan fingerprint density at radius 2 is 1.75 bits per heavy atom. The second kappa shape index (κ2) is 13.9. The molecule has 0 spiro atoms. The molecule has 0 saturated heterocycles. The first-order valence-corrected chi connectivity index (χ1v) is 16.0. The zero-order chi connectivity index (χ0) is 32.0. The molecule has 11 heteroatoms. The number of rotatable bonds is 12. The molecule has 0 saturated carbocycles. The maximum absolute atomic E-state index is 13.7. The Morgan fingerprint density at radius 1 is 1.05 bits per heavy atom. The third-order valence-corrected chi connectivity index (χ3v) is 9.36. The summed E-state index contributed by atoms with van der Waals surface area (Å²) in [6.45, 7) is 10.1. The van der Waals surface area contributed by atoms with E-state index in [0.29, 0.717) is 42.9 Å². The van der Waals surface area contributed by atoms with Gasteiger partial charge in [0.05, 0.1) is 16.7 Å². The molecule has 0 atom stereocenters. The van der Waals surface area contributed by atoms with Gasteiger partial charge in [-0.3, -0.25) is 14.5 Å². The normalized spacial score (nSPS) is 15.1. The van der Waals surface area contributed by atoms with Crippen LogP contribution < -0.4 is 0 Å². The summed E-state index contributed by atoms with van der Waals surface area (Å²) in [5.74, 6) is -1.15. The van der Waals surface area contributed by atoms with Gasteiger partial charge in [-0.2, -0.15) is 14.7 Å². The smallest absolute Gasteiger partial charge is 0.271 e. The summed E-state index contributed by atoms with van der Waals surface area (Å²) in [4.78, 5) is 28.0. The molecule has 0 fully saturated rings. The van der Waals surface area contributed by atoms with Gasteiger partial charge in [-0.1, -0.05) is 44.2 Å². The van der Waals surface area contributed by atoms with Crippen LogP contribution in [0, 0.1) is 11.3 Å². The SMILES string of the molecule is CCN(CC)S(=O)(=O)c1cccc(-c2nn(-c3ccccc3)cc2/C=C2/C(=O)N(CCCOC(C)C)C(=O)C(C#N)=C2C)c1. The summed E-state index contributed by atoms with van der Waals surface area (Å²) < 4.78 is 35.3. The predicted molar refractivity (Wildman–Crippen MR) is 168 cm³/mol. The first-order valence-electron chi connectivity index (χ1n) is 14.6. The zero-order valence-electron chi connectivity index (χ0n) is 25.6. The standard InChI is InChI=1S/C33H37N5O5S/c1-6-36(7-2)44(41,42)28-16-11-13-25(19-28)31-26(22-38(35-31)27-14-9-8-10-15-27)20-29-24(5)30(21-34)33(40)37(32(29)39)17-12-18-43-23(3)4/h8-11,13-16,19-20,22-23H,6-7,12,17-18H2,1-5H3/b29-20+. The molecule has 0 radical (unpaired) electrons. The zero-order valence-corrected chi connectivity index (χ0v) is 26.5. The third-order valence-electron chi connectivity index (χ3n) is 7.32. The molecule has 2 aromatic carbocycles. The second-order valence-electron chi connectivity index (χ2n) is 10.5. The molecule has 3 aromatic rings. The fraction of sp³-hybridized carbons (Fsp3) is 0.333. The van der Waals surface area contributed by atoms with Crippen molar-refractivity contribution in [1.29, 1.82) is 5.26 Å². The summed E-state index contributed by atoms with van der Waals surface area (Å²) in [5.41, 5.74) is 2.59. The molecular weight excluding hydrogens is 578 g/mol. The molecule has 4 rings (SSSR count). The highest BCUT2D eigenvalue weighted by Gasteiger charge is 2.35. The number of carbonyl (C=O) groups excluding carboxylic acids is 2. The van der Waals surface area contributed by atoms with E-state index in [1.165, 1.54) is 4.31 Å². The van der Waals surface area contributed by atoms with Crippen molar-refractivity contribution in [2.24, 2.45) is 0 Å². The van der Waals surface area contributed by atoms with E-state index in [0.717, 1.165) is 10.6 Å². The predicted octanol–water partition coefficient (Wildman–Crippen LogP) is 4.98. The van der Waals surface area contributed by atoms with Crippen LogP contribution >= 0.6 is 0 Å². The number of aromatic nitrogens is 2. The molecule has 0 unspecified atom stereocenters. The Labute approximate surface area is 258 Å². The van der Waals surface area contributed by atoms with Gasteiger partial charge in [-0.25, -0.2) is 13.1 Å². The van der Waals surface area contributed by atoms with Crippen molar-refractivity contribution in [2.75, 3.05) is 26.2 Å². The Bertz CT molecular complexity index is 1750. The van der Waals surface area contributed by atoms with E-state index in [9.17, 15) is 23.3 Å². The van der Waals surface area contributed by atoms with E-state index < -0.39 is 21.8 Å². The molecule has 2 heterocycles. The van der Waals surface area contributed by atoms with Crippen molar-refractivity contribution < 1.29 is 22.7 Å². The Balaban J connectivity index is 1.86. The van der Waals surface area contributed by atoms with E-state index in [1.807, 2.05) is 50.2 Å². The number of sulfonamides is 1. The van der Waals surface area contributed by atoms with Crippen molar-refractivity contribution in [1.82, 2.24) is 19.0 Å². The molecule has 0 bridgehead atoms. The number of nitriles is 1. The first kappa shape index (κ1) is 32.5. The Morgan fingerprint density at radius 3 is 2.39 bits per heavy atom. The van der Waals surface area contributed by atoms with Gasteiger partial charge in [0.25, 0.3) is 11.8 Å². The van der Waals surface area contributed by atoms with Crippen LogP contribution in [0.15, 0.2) is 82.4 Å². The van der Waals surface area contributed by atoms with Crippen LogP contribution in [0.2, 0.25) is 0 Å². The van der Waals surface area contributed by atoms with E-state index in [4.69, 9.17) is 9.84 Å². The molecule has 230 valence electrons. The van der Waals surface area contributed by atoms with Gasteiger partial charge in [0, 0.05) is 49.1 Å². The summed E-state index contributed by atoms with van der Waals surface area (Å²) in [5, 5.41) is 14.6. The maximum atomic E-state index is 13.7. The van der Waals surface area contributed by atoms with Crippen molar-refractivity contribution >= 4 is 27.9 Å². The van der Waals surface area contributed by atoms with Crippen LogP contribution in [0.5, 0.6) is 0 Å². The molecule has 2 amide bonds. The lowest BCUT2D eigenvalue weighted by molar-refractivity contribution is -0.140. The summed E-state index contributed by atoms with van der Waals surface area (Å²) >= 11 is 0. The van der Waals surface area contributed by atoms with E-state index >= 15 is 0 Å². The van der Waals surface area contributed by atoms with Crippen molar-refractivity contribution in [3.05, 3.63) is 83.1 Å². The second-order valence-corrected chi connectivity index (χ2v) is 12.5. The first-order chi connectivity index (χ1) is 21.0. The maximum Gasteiger partial charge on any atom is 0.271 e. The topological polar surface area (TPSA) is 126 Å². The average molecular weight is 616 g/mol. The van der Waals surface area contributed by atoms with Gasteiger partial charge in [0.1, 0.15) is 17.3 Å². The molecule has 1 aromatic heterocycles. The highest BCUT2D eigenvalue weighted by molar-refractivity contribution is 7.89. The quantitative estimate of drug-likeness (QED) is 0.160. The number of carbonyl (C=O) groups is 2. The van der Waals surface area contributed by atoms with Gasteiger partial charge in [-0.05, 0) is 63.1 Å². The van der Waals surface area contributed by atoms with Crippen LogP contribution in [0.3, 0.4) is 0 Å². The largest absolute Gasteiger partial charge is 0.379 e. The lowest BCUT2D eigenvalue weighted by Gasteiger charge is -2.27. The monoisotopic (exact) mass is 615 g/mol. The van der Waals surface area contributed by atoms with Crippen LogP contribution in [0.1, 0.15) is 46.6 Å². The number of ether oxygens (including phenoxy) is 1. The Hall–Kier alpha value is -4.37. The van der Waals surface area contributed by atoms with Crippen molar-refractivity contribution in [3.8, 4) is 23.0 Å². The van der Waals surface area contributed by atoms with Gasteiger partial charge in [0.15, 0.2) is 0 Å². The molecule has 1 aliphatic heterocycles. The minimum Gasteiger partial charge on any atom is -0.379 e. The number of hydrogen-bond donors (Lipinski definition) is 0. The Kier molecular flexibility index (Phi) is 10.3. The third kappa shape index (κ3) is 6.73. The van der Waals surface area contributed by atoms with Crippen LogP contribution in [-0.4, -0.2) is 71.6 Å². The molecule has 0 N–H and O–H groups in total. The highest BCUT2D eigenvalue weighted by Crippen LogP contribution is 2.32. The van der Waals surface area contributed by atoms with Gasteiger partial charge >= 0.3 is 0 Å². The number of amides is 2. The number of imide groups is 1. The minimum atomic E-state index is -3.74. The molecule has 44 heavy (non-hydrogen) atoms. The van der Waals surface area contributed by atoms with Crippen LogP contribution in [0.25, 0.3) is 23.0 Å². The number of benzene rings is 2. The van der Waals surface area contributed by atoms with E-state index in [-0.39, 0.29) is 34.3 Å². The van der Waals surface area contributed by atoms with Crippen molar-refractivity contribution in [3.63, 3.8) is 0 Å². The molecule has 0 aliphatic carbocycles. The molecule has 10 nitrogen and oxygen atoms in total. The fourth-order valence-corrected chi connectivity index (χ4v) is 6.48. The van der Waals surface area contributed by atoms with Gasteiger partial charge in [0.2, 0.25) is 10.0 Å². The number of nitrogens with zero attached hydrogens (tertiary/aromatic N) is 5. The highest BCUT2D eigenvalue weighted by atomic mass is 32.2. The van der Waals surface area contributed by atoms with E-state index in [1.54, 1.807) is 62.0 Å².